The molecule has 0 aliphatic carbocycles. The Morgan fingerprint density at radius 1 is 1.43 bits per heavy atom. The zero-order valence-corrected chi connectivity index (χ0v) is 17.6. The van der Waals surface area contributed by atoms with Gasteiger partial charge in [0.15, 0.2) is 5.54 Å². The third-order valence-electron chi connectivity index (χ3n) is 4.92. The smallest absolute Gasteiger partial charge is 0.451 e. The number of rotatable bonds is 8. The van der Waals surface area contributed by atoms with Gasteiger partial charge in [0.25, 0.3) is 0 Å². The number of halogens is 1. The largest absolute Gasteiger partial charge is 0.460 e. The number of piperidine rings is 1. The molecule has 1 aromatic carbocycles. The first kappa shape index (κ1) is 25.7. The molecular formula is C18H27BClN5O5. The molecule has 0 spiro atoms. The second-order valence-electron chi connectivity index (χ2n) is 7.42. The second-order valence-corrected chi connectivity index (χ2v) is 7.42. The van der Waals surface area contributed by atoms with Crippen LogP contribution in [-0.4, -0.2) is 58.6 Å². The summed E-state index contributed by atoms with van der Waals surface area (Å²) in [5, 5.41) is 22.1. The highest BCUT2D eigenvalue weighted by atomic mass is 35.5. The van der Waals surface area contributed by atoms with Crippen LogP contribution in [0.25, 0.3) is 10.4 Å². The summed E-state index contributed by atoms with van der Waals surface area (Å²) >= 11 is 0. The van der Waals surface area contributed by atoms with Crippen LogP contribution in [0.3, 0.4) is 0 Å². The fourth-order valence-electron chi connectivity index (χ4n) is 3.54. The molecule has 1 aromatic rings. The fraction of sp³-hybridized carbons (Fsp3) is 0.556. The lowest BCUT2D eigenvalue weighted by Gasteiger charge is -2.42. The molecule has 1 heterocycles. The van der Waals surface area contributed by atoms with E-state index in [-0.39, 0.29) is 56.7 Å². The molecule has 0 aromatic heterocycles. The Morgan fingerprint density at radius 3 is 2.67 bits per heavy atom. The van der Waals surface area contributed by atoms with Crippen LogP contribution in [0.15, 0.2) is 35.4 Å². The maximum absolute atomic E-state index is 12.9. The van der Waals surface area contributed by atoms with Crippen molar-refractivity contribution >= 4 is 31.4 Å². The first-order valence-electron chi connectivity index (χ1n) is 9.45. The zero-order valence-electron chi connectivity index (χ0n) is 16.8. The summed E-state index contributed by atoms with van der Waals surface area (Å²) in [6.07, 6.45) is 0.533. The average Bonchev–Trinajstić information content (AvgIpc) is 2.70. The van der Waals surface area contributed by atoms with Crippen molar-refractivity contribution in [2.75, 3.05) is 13.1 Å². The third-order valence-corrected chi connectivity index (χ3v) is 4.92. The average molecular weight is 440 g/mol. The summed E-state index contributed by atoms with van der Waals surface area (Å²) in [4.78, 5) is 29.7. The number of azide groups is 1. The molecule has 0 radical (unpaired) electrons. The molecule has 0 unspecified atom stereocenters. The van der Waals surface area contributed by atoms with Crippen molar-refractivity contribution in [2.45, 2.75) is 44.3 Å². The maximum Gasteiger partial charge on any atom is 0.451 e. The summed E-state index contributed by atoms with van der Waals surface area (Å²) in [6.45, 7) is 1.68. The van der Waals surface area contributed by atoms with Crippen molar-refractivity contribution in [1.82, 2.24) is 4.90 Å². The Bertz CT molecular complexity index is 763. The molecule has 1 fully saturated rings. The van der Waals surface area contributed by atoms with Gasteiger partial charge in [0.05, 0.1) is 6.04 Å². The molecule has 2 rings (SSSR count). The van der Waals surface area contributed by atoms with Crippen molar-refractivity contribution in [3.8, 4) is 0 Å². The van der Waals surface area contributed by atoms with Crippen molar-refractivity contribution in [3.63, 3.8) is 0 Å². The van der Waals surface area contributed by atoms with Crippen LogP contribution < -0.4 is 5.73 Å². The summed E-state index contributed by atoms with van der Waals surface area (Å²) in [5.74, 6) is -1.40. The highest BCUT2D eigenvalue weighted by molar-refractivity contribution is 6.40. The van der Waals surface area contributed by atoms with Gasteiger partial charge in [0, 0.05) is 18.0 Å². The molecule has 3 atom stereocenters. The number of likely N-dealkylation sites (tertiary alicyclic amines) is 1. The molecule has 1 aliphatic heterocycles. The van der Waals surface area contributed by atoms with E-state index >= 15 is 0 Å². The van der Waals surface area contributed by atoms with E-state index in [9.17, 15) is 19.6 Å². The van der Waals surface area contributed by atoms with E-state index in [1.165, 1.54) is 11.8 Å². The normalized spacial score (nSPS) is 21.6. The van der Waals surface area contributed by atoms with Gasteiger partial charge in [-0.1, -0.05) is 41.9 Å². The Hall–Kier alpha value is -2.30. The predicted molar refractivity (Wildman–Crippen MR) is 113 cm³/mol. The number of amides is 1. The number of hydrogen-bond donors (Lipinski definition) is 3. The van der Waals surface area contributed by atoms with Crippen LogP contribution in [-0.2, 0) is 20.9 Å². The van der Waals surface area contributed by atoms with Gasteiger partial charge in [-0.05, 0) is 36.7 Å². The lowest BCUT2D eigenvalue weighted by Crippen LogP contribution is -2.59. The molecular weight excluding hydrogens is 412 g/mol. The number of nitrogens with zero attached hydrogens (tertiary/aromatic N) is 4. The van der Waals surface area contributed by atoms with E-state index in [1.54, 1.807) is 12.1 Å². The van der Waals surface area contributed by atoms with Crippen LogP contribution in [0.2, 0.25) is 6.32 Å². The number of ether oxygens (including phenoxy) is 1. The number of nitrogens with two attached hydrogens (primary N) is 1. The Morgan fingerprint density at radius 2 is 2.10 bits per heavy atom. The van der Waals surface area contributed by atoms with Crippen molar-refractivity contribution < 1.29 is 24.4 Å². The third kappa shape index (κ3) is 6.89. The quantitative estimate of drug-likeness (QED) is 0.181. The van der Waals surface area contributed by atoms with Crippen LogP contribution in [0.1, 0.15) is 25.3 Å². The van der Waals surface area contributed by atoms with E-state index < -0.39 is 24.7 Å². The number of carbonyl (C=O) groups is 2. The lowest BCUT2D eigenvalue weighted by atomic mass is 9.75. The minimum absolute atomic E-state index is 0. The highest BCUT2D eigenvalue weighted by Crippen LogP contribution is 2.34. The van der Waals surface area contributed by atoms with Crippen LogP contribution >= 0.6 is 12.4 Å². The summed E-state index contributed by atoms with van der Waals surface area (Å²) in [6, 6.07) is 8.27. The van der Waals surface area contributed by atoms with E-state index in [0.717, 1.165) is 5.56 Å². The molecule has 30 heavy (non-hydrogen) atoms. The van der Waals surface area contributed by atoms with Gasteiger partial charge in [-0.15, -0.1) is 12.4 Å². The Kier molecular flexibility index (Phi) is 10.1. The fourth-order valence-corrected chi connectivity index (χ4v) is 3.54. The molecule has 164 valence electrons. The molecule has 0 saturated carbocycles. The molecule has 4 N–H and O–H groups in total. The highest BCUT2D eigenvalue weighted by Gasteiger charge is 2.48. The van der Waals surface area contributed by atoms with Gasteiger partial charge >= 0.3 is 13.1 Å². The van der Waals surface area contributed by atoms with Crippen LogP contribution in [0.4, 0.5) is 0 Å². The predicted octanol–water partition coefficient (Wildman–Crippen LogP) is 1.26. The van der Waals surface area contributed by atoms with Crippen molar-refractivity contribution in [3.05, 3.63) is 46.3 Å². The molecule has 10 nitrogen and oxygen atoms in total. The van der Waals surface area contributed by atoms with E-state index in [4.69, 9.17) is 16.0 Å². The first-order valence-corrected chi connectivity index (χ1v) is 9.45. The number of carbonyl (C=O) groups excluding carboxylic acids is 2. The Labute approximate surface area is 181 Å². The number of hydrogen-bond acceptors (Lipinski definition) is 7. The second kappa shape index (κ2) is 11.8. The summed E-state index contributed by atoms with van der Waals surface area (Å²) in [7, 11) is -1.51. The SMILES string of the molecule is C[C@H](N)C(=O)N1C[C@@H](CCB(O)O)C[C@@](N=[N+]=[N-])(C(=O)OCc2ccccc2)C1.Cl. The number of esters is 1. The van der Waals surface area contributed by atoms with Gasteiger partial charge < -0.3 is 25.4 Å². The molecule has 0 bridgehead atoms. The van der Waals surface area contributed by atoms with E-state index in [2.05, 4.69) is 10.0 Å². The topological polar surface area (TPSA) is 162 Å². The summed E-state index contributed by atoms with van der Waals surface area (Å²) < 4.78 is 5.41. The first-order chi connectivity index (χ1) is 13.8. The van der Waals surface area contributed by atoms with Crippen LogP contribution in [0, 0.1) is 5.92 Å². The minimum Gasteiger partial charge on any atom is -0.460 e. The van der Waals surface area contributed by atoms with Gasteiger partial charge in [0.1, 0.15) is 6.61 Å². The molecule has 1 aliphatic rings. The van der Waals surface area contributed by atoms with E-state index in [0.29, 0.717) is 6.42 Å². The monoisotopic (exact) mass is 439 g/mol. The van der Waals surface area contributed by atoms with E-state index in [1.807, 2.05) is 18.2 Å². The Balaban J connectivity index is 0.00000450. The van der Waals surface area contributed by atoms with Gasteiger partial charge in [-0.25, -0.2) is 0 Å². The lowest BCUT2D eigenvalue weighted by molar-refractivity contribution is -0.156. The molecule has 12 heteroatoms. The van der Waals surface area contributed by atoms with Crippen LogP contribution in [0.5, 0.6) is 0 Å². The van der Waals surface area contributed by atoms with Gasteiger partial charge in [-0.3, -0.25) is 9.59 Å². The maximum atomic E-state index is 12.9. The molecule has 1 saturated heterocycles. The number of benzene rings is 1. The van der Waals surface area contributed by atoms with Crippen molar-refractivity contribution in [2.24, 2.45) is 16.8 Å². The summed E-state index contributed by atoms with van der Waals surface area (Å²) in [5.41, 5.74) is 14.0. The van der Waals surface area contributed by atoms with Crippen molar-refractivity contribution in [1.29, 1.82) is 0 Å². The van der Waals surface area contributed by atoms with Gasteiger partial charge in [-0.2, -0.15) is 0 Å². The zero-order chi connectivity index (χ0) is 21.4. The van der Waals surface area contributed by atoms with Gasteiger partial charge in [0.2, 0.25) is 5.91 Å². The standard InChI is InChI=1S/C18H26BN5O5.ClH/c1-13(20)16(25)24-10-15(7-8-19(27)28)9-18(12-24,22-23-21)17(26)29-11-14-5-3-2-4-6-14;/h2-6,13,15,27-28H,7-12,20H2,1H3;1H/t13-,15-,18-;/m0./s1. The molecule has 1 amide bonds. The minimum atomic E-state index is -1.60.